The van der Waals surface area contributed by atoms with Gasteiger partial charge in [0, 0.05) is 12.5 Å². The zero-order valence-electron chi connectivity index (χ0n) is 14.2. The molecule has 4 nitrogen and oxygen atoms in total. The minimum atomic E-state index is -0.175. The molecule has 1 aromatic heterocycles. The third kappa shape index (κ3) is 5.79. The van der Waals surface area contributed by atoms with Crippen molar-refractivity contribution in [3.05, 3.63) is 35.9 Å². The fourth-order valence-electron chi connectivity index (χ4n) is 2.22. The Balaban J connectivity index is 1.84. The van der Waals surface area contributed by atoms with Crippen LogP contribution in [0.2, 0.25) is 0 Å². The van der Waals surface area contributed by atoms with Gasteiger partial charge in [0.2, 0.25) is 5.91 Å². The summed E-state index contributed by atoms with van der Waals surface area (Å²) >= 11 is 4.70. The Kier molecular flexibility index (Phi) is 8.08. The lowest BCUT2D eigenvalue weighted by molar-refractivity contribution is -0.120. The Labute approximate surface area is 156 Å². The molecule has 1 amide bonds. The molecule has 0 saturated carbocycles. The lowest BCUT2D eigenvalue weighted by Crippen LogP contribution is -2.34. The summed E-state index contributed by atoms with van der Waals surface area (Å²) < 4.78 is 1.81. The molecule has 0 radical (unpaired) electrons. The van der Waals surface area contributed by atoms with Gasteiger partial charge in [0.1, 0.15) is 0 Å². The number of hydrogen-bond acceptors (Lipinski definition) is 6. The summed E-state index contributed by atoms with van der Waals surface area (Å²) in [6.07, 6.45) is 1.000. The van der Waals surface area contributed by atoms with E-state index in [-0.39, 0.29) is 11.2 Å². The van der Waals surface area contributed by atoms with Crippen LogP contribution in [0.25, 0.3) is 0 Å². The lowest BCUT2D eigenvalue weighted by Gasteiger charge is -2.17. The second-order valence-corrected chi connectivity index (χ2v) is 9.36. The molecule has 1 heterocycles. The molecule has 2 aromatic rings. The van der Waals surface area contributed by atoms with E-state index in [0.717, 1.165) is 20.9 Å². The van der Waals surface area contributed by atoms with Crippen LogP contribution >= 0.6 is 34.9 Å². The maximum Gasteiger partial charge on any atom is 0.233 e. The number of thioether (sulfide) groups is 2. The number of benzene rings is 1. The highest BCUT2D eigenvalue weighted by Crippen LogP contribution is 2.31. The smallest absolute Gasteiger partial charge is 0.233 e. The molecule has 7 heteroatoms. The van der Waals surface area contributed by atoms with E-state index >= 15 is 0 Å². The van der Waals surface area contributed by atoms with Crippen molar-refractivity contribution in [3.63, 3.8) is 0 Å². The van der Waals surface area contributed by atoms with Gasteiger partial charge < -0.3 is 5.32 Å². The topological polar surface area (TPSA) is 54.9 Å². The fraction of sp³-hybridized carbons (Fsp3) is 0.471. The molecule has 2 atom stereocenters. The number of carbonyl (C=O) groups is 1. The quantitative estimate of drug-likeness (QED) is 0.651. The van der Waals surface area contributed by atoms with Gasteiger partial charge in [0.15, 0.2) is 8.68 Å². The highest BCUT2D eigenvalue weighted by Gasteiger charge is 2.18. The second-order valence-electron chi connectivity index (χ2n) is 5.29. The third-order valence-electron chi connectivity index (χ3n) is 3.59. The number of nitrogens with zero attached hydrogens (tertiary/aromatic N) is 2. The summed E-state index contributed by atoms with van der Waals surface area (Å²) in [5.41, 5.74) is 1.27. The monoisotopic (exact) mass is 381 g/mol. The first-order chi connectivity index (χ1) is 11.6. The van der Waals surface area contributed by atoms with Crippen molar-refractivity contribution in [3.8, 4) is 0 Å². The molecule has 0 saturated heterocycles. The van der Waals surface area contributed by atoms with Gasteiger partial charge in [0.05, 0.1) is 5.25 Å². The average Bonchev–Trinajstić information content (AvgIpc) is 3.03. The summed E-state index contributed by atoms with van der Waals surface area (Å²) in [6.45, 7) is 6.82. The zero-order valence-corrected chi connectivity index (χ0v) is 16.6. The molecule has 24 heavy (non-hydrogen) atoms. The summed E-state index contributed by atoms with van der Waals surface area (Å²) in [5, 5.41) is 11.2. The average molecular weight is 382 g/mol. The van der Waals surface area contributed by atoms with Gasteiger partial charge >= 0.3 is 0 Å². The Hall–Kier alpha value is -1.05. The number of amides is 1. The van der Waals surface area contributed by atoms with Crippen molar-refractivity contribution in [1.82, 2.24) is 15.5 Å². The van der Waals surface area contributed by atoms with Gasteiger partial charge in [-0.2, -0.15) is 0 Å². The van der Waals surface area contributed by atoms with Crippen LogP contribution in [0.15, 0.2) is 39.0 Å². The molecule has 0 fully saturated rings. The van der Waals surface area contributed by atoms with E-state index in [1.807, 2.05) is 25.1 Å². The van der Waals surface area contributed by atoms with E-state index in [0.29, 0.717) is 12.5 Å². The molecular weight excluding hydrogens is 358 g/mol. The molecule has 0 aliphatic rings. The maximum atomic E-state index is 12.4. The van der Waals surface area contributed by atoms with E-state index in [4.69, 9.17) is 0 Å². The van der Waals surface area contributed by atoms with Crippen molar-refractivity contribution < 1.29 is 4.79 Å². The van der Waals surface area contributed by atoms with Gasteiger partial charge in [0.25, 0.3) is 0 Å². The van der Waals surface area contributed by atoms with Crippen molar-refractivity contribution in [1.29, 1.82) is 0 Å². The summed E-state index contributed by atoms with van der Waals surface area (Å²) in [7, 11) is 0. The molecule has 0 aliphatic heterocycles. The summed E-state index contributed by atoms with van der Waals surface area (Å²) in [6, 6.07) is 10.3. The molecule has 2 rings (SSSR count). The van der Waals surface area contributed by atoms with Crippen molar-refractivity contribution >= 4 is 40.8 Å². The van der Waals surface area contributed by atoms with E-state index in [2.05, 4.69) is 41.5 Å². The standard InChI is InChI=1S/C17H23N3OS3/c1-4-13(14-9-7-6-8-10-14)11-18-15(21)12(3)23-17-20-19-16(24-17)22-5-2/h6-10,12-13H,4-5,11H2,1-3H3,(H,18,21)/t12-,13+/m0/s1. The minimum Gasteiger partial charge on any atom is -0.355 e. The van der Waals surface area contributed by atoms with Crippen LogP contribution < -0.4 is 5.32 Å². The molecular formula is C17H23N3OS3. The largest absolute Gasteiger partial charge is 0.355 e. The predicted molar refractivity (Wildman–Crippen MR) is 104 cm³/mol. The van der Waals surface area contributed by atoms with Crippen LogP contribution in [0, 0.1) is 0 Å². The predicted octanol–water partition coefficient (Wildman–Crippen LogP) is 4.44. The van der Waals surface area contributed by atoms with Crippen LogP contribution in [0.1, 0.15) is 38.7 Å². The molecule has 1 aromatic carbocycles. The number of aromatic nitrogens is 2. The second kappa shape index (κ2) is 10.1. The van der Waals surface area contributed by atoms with Crippen molar-refractivity contribution in [2.24, 2.45) is 0 Å². The summed E-state index contributed by atoms with van der Waals surface area (Å²) in [5.74, 6) is 1.38. The first-order valence-corrected chi connectivity index (χ1v) is 10.8. The molecule has 0 aliphatic carbocycles. The Morgan fingerprint density at radius 3 is 2.58 bits per heavy atom. The first-order valence-electron chi connectivity index (χ1n) is 8.09. The van der Waals surface area contributed by atoms with E-state index in [1.54, 1.807) is 23.1 Å². The summed E-state index contributed by atoms with van der Waals surface area (Å²) in [4.78, 5) is 12.4. The first kappa shape index (κ1) is 19.3. The molecule has 0 unspecified atom stereocenters. The number of nitrogens with one attached hydrogen (secondary N) is 1. The molecule has 0 bridgehead atoms. The van der Waals surface area contributed by atoms with E-state index in [1.165, 1.54) is 17.3 Å². The highest BCUT2D eigenvalue weighted by atomic mass is 32.2. The number of carbonyl (C=O) groups excluding carboxylic acids is 1. The normalized spacial score (nSPS) is 13.5. The lowest BCUT2D eigenvalue weighted by atomic mass is 9.96. The van der Waals surface area contributed by atoms with Gasteiger partial charge in [-0.05, 0) is 24.7 Å². The Bertz CT molecular complexity index is 633. The maximum absolute atomic E-state index is 12.4. The fourth-order valence-corrected chi connectivity index (χ4v) is 5.31. The van der Waals surface area contributed by atoms with E-state index in [9.17, 15) is 4.79 Å². The SMILES string of the molecule is CCSc1nnc(S[C@@H](C)C(=O)NC[C@@H](CC)c2ccccc2)s1. The number of hydrogen-bond donors (Lipinski definition) is 1. The van der Waals surface area contributed by atoms with Crippen LogP contribution in [0.5, 0.6) is 0 Å². The third-order valence-corrected chi connectivity index (χ3v) is 6.71. The van der Waals surface area contributed by atoms with Crippen LogP contribution in [0.3, 0.4) is 0 Å². The van der Waals surface area contributed by atoms with Crippen LogP contribution in [0.4, 0.5) is 0 Å². The highest BCUT2D eigenvalue weighted by molar-refractivity contribution is 8.03. The minimum absolute atomic E-state index is 0.0503. The van der Waals surface area contributed by atoms with E-state index < -0.39 is 0 Å². The number of rotatable bonds is 9. The molecule has 0 spiro atoms. The van der Waals surface area contributed by atoms with Gasteiger partial charge in [-0.3, -0.25) is 4.79 Å². The van der Waals surface area contributed by atoms with Gasteiger partial charge in [-0.15, -0.1) is 10.2 Å². The zero-order chi connectivity index (χ0) is 17.4. The molecule has 130 valence electrons. The van der Waals surface area contributed by atoms with Crippen molar-refractivity contribution in [2.75, 3.05) is 12.3 Å². The van der Waals surface area contributed by atoms with Gasteiger partial charge in [-0.1, -0.05) is 79.0 Å². The van der Waals surface area contributed by atoms with Crippen LogP contribution in [-0.2, 0) is 4.79 Å². The van der Waals surface area contributed by atoms with Crippen molar-refractivity contribution in [2.45, 2.75) is 47.0 Å². The van der Waals surface area contributed by atoms with Crippen LogP contribution in [-0.4, -0.2) is 33.7 Å². The Morgan fingerprint density at radius 1 is 1.21 bits per heavy atom. The Morgan fingerprint density at radius 2 is 1.92 bits per heavy atom. The molecule has 1 N–H and O–H groups in total. The van der Waals surface area contributed by atoms with Gasteiger partial charge in [-0.25, -0.2) is 0 Å².